The topological polar surface area (TPSA) is 125 Å². The number of aliphatic hydroxyl groups excluding tert-OH is 1. The highest BCUT2D eigenvalue weighted by Gasteiger charge is 2.35. The van der Waals surface area contributed by atoms with Crippen molar-refractivity contribution in [1.29, 1.82) is 0 Å². The van der Waals surface area contributed by atoms with Crippen LogP contribution in [0.25, 0.3) is 22.5 Å². The van der Waals surface area contributed by atoms with E-state index in [4.69, 9.17) is 4.74 Å². The molecule has 4 aromatic rings. The molecule has 1 fully saturated rings. The van der Waals surface area contributed by atoms with Crippen LogP contribution < -0.4 is 10.1 Å². The minimum Gasteiger partial charge on any atom is -0.494 e. The number of aliphatic hydroxyl groups is 1. The van der Waals surface area contributed by atoms with E-state index in [0.717, 1.165) is 52.3 Å². The Kier molecular flexibility index (Phi) is 13.5. The van der Waals surface area contributed by atoms with Crippen LogP contribution in [0.3, 0.4) is 0 Å². The van der Waals surface area contributed by atoms with E-state index in [-0.39, 0.29) is 12.5 Å². The fourth-order valence-electron chi connectivity index (χ4n) is 6.22. The predicted molar refractivity (Wildman–Crippen MR) is 198 cm³/mol. The minimum absolute atomic E-state index is 0.170. The zero-order chi connectivity index (χ0) is 35.5. The van der Waals surface area contributed by atoms with Crippen molar-refractivity contribution in [2.75, 3.05) is 19.7 Å². The summed E-state index contributed by atoms with van der Waals surface area (Å²) in [6.07, 6.45) is 10.3. The number of carbonyl (C=O) groups excluding carboxylic acids is 1. The van der Waals surface area contributed by atoms with Crippen molar-refractivity contribution in [3.05, 3.63) is 88.4 Å². The third kappa shape index (κ3) is 10.4. The number of hydrogen-bond donors (Lipinski definition) is 3. The largest absolute Gasteiger partial charge is 0.494 e. The molecule has 0 bridgehead atoms. The summed E-state index contributed by atoms with van der Waals surface area (Å²) in [6, 6.07) is 19.0. The molecule has 266 valence electrons. The number of ether oxygens (including phenoxy) is 1. The van der Waals surface area contributed by atoms with Gasteiger partial charge in [-0.05, 0) is 67.0 Å². The van der Waals surface area contributed by atoms with Crippen LogP contribution in [-0.2, 0) is 22.4 Å². The summed E-state index contributed by atoms with van der Waals surface area (Å²) < 4.78 is 5.90. The summed E-state index contributed by atoms with van der Waals surface area (Å²) in [5.74, 6) is 0.278. The number of unbranched alkanes of at least 4 members (excludes halogenated alkanes) is 4. The SMILES string of the molecule is CCCCCCCOc1ccc(-c2cnc(-c3ccc(C[C@H](NC(O)c4ccc(CC(C)C)s4)C(=O)N4CC[C@H](C(=O)O)C4)cc3)nc2)cc1. The van der Waals surface area contributed by atoms with Crippen LogP contribution in [0.15, 0.2) is 73.1 Å². The van der Waals surface area contributed by atoms with Crippen molar-refractivity contribution in [2.45, 2.75) is 84.4 Å². The van der Waals surface area contributed by atoms with Gasteiger partial charge < -0.3 is 19.8 Å². The Morgan fingerprint density at radius 2 is 1.62 bits per heavy atom. The number of carboxylic acids is 1. The van der Waals surface area contributed by atoms with E-state index in [0.29, 0.717) is 31.1 Å². The normalized spacial score (nSPS) is 15.7. The van der Waals surface area contributed by atoms with E-state index in [9.17, 15) is 19.8 Å². The second-order valence-electron chi connectivity index (χ2n) is 13.6. The molecule has 0 aliphatic carbocycles. The van der Waals surface area contributed by atoms with E-state index in [1.165, 1.54) is 41.9 Å². The molecule has 1 unspecified atom stereocenters. The van der Waals surface area contributed by atoms with Crippen LogP contribution in [0.5, 0.6) is 5.75 Å². The summed E-state index contributed by atoms with van der Waals surface area (Å²) in [5.41, 5.74) is 3.67. The van der Waals surface area contributed by atoms with Crippen molar-refractivity contribution in [2.24, 2.45) is 11.8 Å². The van der Waals surface area contributed by atoms with Gasteiger partial charge in [-0.25, -0.2) is 9.97 Å². The maximum absolute atomic E-state index is 13.7. The number of likely N-dealkylation sites (tertiary alicyclic amines) is 1. The van der Waals surface area contributed by atoms with E-state index in [1.54, 1.807) is 4.90 Å². The maximum Gasteiger partial charge on any atom is 0.308 e. The third-order valence-corrected chi connectivity index (χ3v) is 10.2. The highest BCUT2D eigenvalue weighted by atomic mass is 32.1. The Bertz CT molecular complexity index is 1660. The monoisotopic (exact) mass is 698 g/mol. The summed E-state index contributed by atoms with van der Waals surface area (Å²) in [4.78, 5) is 38.1. The molecule has 0 saturated carbocycles. The van der Waals surface area contributed by atoms with Crippen molar-refractivity contribution < 1.29 is 24.5 Å². The van der Waals surface area contributed by atoms with Gasteiger partial charge in [0.05, 0.1) is 18.6 Å². The zero-order valence-corrected chi connectivity index (χ0v) is 30.2. The number of nitrogens with one attached hydrogen (secondary N) is 1. The first-order valence-corrected chi connectivity index (χ1v) is 18.7. The molecular weight excluding hydrogens is 649 g/mol. The predicted octanol–water partition coefficient (Wildman–Crippen LogP) is 7.54. The highest BCUT2D eigenvalue weighted by molar-refractivity contribution is 7.12. The molecule has 1 saturated heterocycles. The third-order valence-electron chi connectivity index (χ3n) is 9.08. The maximum atomic E-state index is 13.7. The van der Waals surface area contributed by atoms with Crippen LogP contribution in [-0.4, -0.2) is 62.7 Å². The van der Waals surface area contributed by atoms with Crippen molar-refractivity contribution in [3.63, 3.8) is 0 Å². The van der Waals surface area contributed by atoms with Gasteiger partial charge in [-0.1, -0.05) is 82.9 Å². The van der Waals surface area contributed by atoms with E-state index in [2.05, 4.69) is 36.1 Å². The lowest BCUT2D eigenvalue weighted by molar-refractivity contribution is -0.141. The van der Waals surface area contributed by atoms with Crippen LogP contribution in [0.2, 0.25) is 0 Å². The van der Waals surface area contributed by atoms with Gasteiger partial charge in [-0.3, -0.25) is 14.9 Å². The van der Waals surface area contributed by atoms with E-state index >= 15 is 0 Å². The van der Waals surface area contributed by atoms with E-state index < -0.39 is 24.2 Å². The second kappa shape index (κ2) is 18.2. The van der Waals surface area contributed by atoms with Crippen LogP contribution >= 0.6 is 11.3 Å². The minimum atomic E-state index is -1.03. The Balaban J connectivity index is 1.22. The molecule has 2 aromatic carbocycles. The lowest BCUT2D eigenvalue weighted by atomic mass is 10.0. The molecule has 0 radical (unpaired) electrons. The number of nitrogens with zero attached hydrogens (tertiary/aromatic N) is 3. The number of thiophene rings is 1. The van der Waals surface area contributed by atoms with Crippen LogP contribution in [0.4, 0.5) is 0 Å². The lowest BCUT2D eigenvalue weighted by Crippen LogP contribution is -2.48. The number of amides is 1. The average molecular weight is 699 g/mol. The van der Waals surface area contributed by atoms with Gasteiger partial charge in [0.25, 0.3) is 0 Å². The molecule has 1 amide bonds. The first kappa shape index (κ1) is 37.1. The number of aliphatic carboxylic acids is 1. The van der Waals surface area contributed by atoms with Gasteiger partial charge in [0, 0.05) is 46.4 Å². The number of carboxylic acid groups (broad SMARTS) is 1. The first-order valence-electron chi connectivity index (χ1n) is 17.9. The number of aromatic nitrogens is 2. The Morgan fingerprint density at radius 3 is 2.28 bits per heavy atom. The van der Waals surface area contributed by atoms with Gasteiger partial charge in [-0.2, -0.15) is 0 Å². The zero-order valence-electron chi connectivity index (χ0n) is 29.4. The second-order valence-corrected chi connectivity index (χ2v) is 14.8. The average Bonchev–Trinajstić information content (AvgIpc) is 3.81. The smallest absolute Gasteiger partial charge is 0.308 e. The van der Waals surface area contributed by atoms with Gasteiger partial charge in [0.15, 0.2) is 5.82 Å². The van der Waals surface area contributed by atoms with Gasteiger partial charge in [0.2, 0.25) is 5.91 Å². The van der Waals surface area contributed by atoms with Crippen LogP contribution in [0, 0.1) is 11.8 Å². The summed E-state index contributed by atoms with van der Waals surface area (Å²) in [7, 11) is 0. The van der Waals surface area contributed by atoms with Gasteiger partial charge in [0.1, 0.15) is 12.0 Å². The molecule has 3 heterocycles. The molecule has 3 atom stereocenters. The fourth-order valence-corrected chi connectivity index (χ4v) is 7.39. The van der Waals surface area contributed by atoms with Crippen molar-refractivity contribution in [1.82, 2.24) is 20.2 Å². The Labute approximate surface area is 299 Å². The van der Waals surface area contributed by atoms with E-state index in [1.807, 2.05) is 73.1 Å². The molecule has 5 rings (SSSR count). The Morgan fingerprint density at radius 1 is 0.920 bits per heavy atom. The van der Waals surface area contributed by atoms with Crippen LogP contribution in [0.1, 0.15) is 80.8 Å². The number of hydrogen-bond acceptors (Lipinski definition) is 8. The molecule has 1 aliphatic rings. The summed E-state index contributed by atoms with van der Waals surface area (Å²) in [5, 5.41) is 23.8. The molecular formula is C40H50N4O5S. The first-order chi connectivity index (χ1) is 24.2. The molecule has 0 spiro atoms. The van der Waals surface area contributed by atoms with Crippen molar-refractivity contribution in [3.8, 4) is 28.3 Å². The standard InChI is InChI=1S/C40H50N4O5S/c1-4-5-6-7-8-21-49-33-15-13-29(14-16-33)32-24-41-37(42-25-32)30-11-9-28(10-12-30)23-35(39(46)44-20-19-31(26-44)40(47)48)43-38(45)36-18-17-34(50-36)22-27(2)3/h9-18,24-25,27,31,35,38,43,45H,4-8,19-23,26H2,1-3H3,(H,47,48)/t31-,35-,38?/m0/s1. The Hall–Kier alpha value is -4.12. The molecule has 1 aliphatic heterocycles. The summed E-state index contributed by atoms with van der Waals surface area (Å²) >= 11 is 1.54. The molecule has 3 N–H and O–H groups in total. The number of rotatable bonds is 18. The van der Waals surface area contributed by atoms with Gasteiger partial charge >= 0.3 is 5.97 Å². The summed E-state index contributed by atoms with van der Waals surface area (Å²) in [6.45, 7) is 7.81. The lowest BCUT2D eigenvalue weighted by Gasteiger charge is -2.26. The number of benzene rings is 2. The highest BCUT2D eigenvalue weighted by Crippen LogP contribution is 2.27. The number of carbonyl (C=O) groups is 2. The quantitative estimate of drug-likeness (QED) is 0.0719. The van der Waals surface area contributed by atoms with Crippen molar-refractivity contribution >= 4 is 23.2 Å². The molecule has 9 nitrogen and oxygen atoms in total. The van der Waals surface area contributed by atoms with Gasteiger partial charge in [-0.15, -0.1) is 11.3 Å². The molecule has 10 heteroatoms. The molecule has 2 aromatic heterocycles. The molecule has 50 heavy (non-hydrogen) atoms. The fraction of sp³-hybridized carbons (Fsp3) is 0.450.